The first-order valence-corrected chi connectivity index (χ1v) is 17.3. The second-order valence-corrected chi connectivity index (χ2v) is 14.2. The normalized spacial score (nSPS) is 11.5. The second kappa shape index (κ2) is 20.5. The van der Waals surface area contributed by atoms with Crippen LogP contribution in [0.15, 0.2) is 95.5 Å². The van der Waals surface area contributed by atoms with E-state index in [0.29, 0.717) is 28.2 Å². The van der Waals surface area contributed by atoms with Crippen LogP contribution in [-0.4, -0.2) is 138 Å². The van der Waals surface area contributed by atoms with E-state index >= 15 is 0 Å². The van der Waals surface area contributed by atoms with Crippen molar-refractivity contribution in [2.24, 2.45) is 0 Å². The first-order chi connectivity index (χ1) is 19.3. The molecule has 4 rings (SSSR count). The van der Waals surface area contributed by atoms with Crippen molar-refractivity contribution in [3.05, 3.63) is 123 Å². The van der Waals surface area contributed by atoms with Gasteiger partial charge in [0.15, 0.2) is 0 Å². The third-order valence-corrected chi connectivity index (χ3v) is 9.87. The largest absolute Gasteiger partial charge is 0.399 e. The van der Waals surface area contributed by atoms with E-state index in [-0.39, 0.29) is 128 Å². The van der Waals surface area contributed by atoms with Gasteiger partial charge in [0.05, 0.1) is 5.30 Å². The standard InChI is InChI=1S/C29H25BrF2O6P2S.4Na/c30-27-16-22(9-15-26(27)29(31,32)40(36,37)38)19-41-18-21-7-10-23(11-8-21)25-14-13-24(28(17-25)39(33,34)35)12-6-20-4-2-1-3-5-20;;;;/h1-17H,18-19H2,(H2,33,34,35)(H2,36,37,38);;;;. The number of hydrogen-bond acceptors (Lipinski definition) is 3. The summed E-state index contributed by atoms with van der Waals surface area (Å²) in [5.74, 6) is 1.08. The van der Waals surface area contributed by atoms with Crippen molar-refractivity contribution in [2.45, 2.75) is 17.2 Å². The summed E-state index contributed by atoms with van der Waals surface area (Å²) in [6.45, 7) is 0. The van der Waals surface area contributed by atoms with Crippen molar-refractivity contribution < 1.29 is 37.5 Å². The van der Waals surface area contributed by atoms with Gasteiger partial charge in [0, 0.05) is 140 Å². The van der Waals surface area contributed by atoms with Crippen molar-refractivity contribution >= 4 is 179 Å². The minimum atomic E-state index is -5.66. The van der Waals surface area contributed by atoms with Crippen LogP contribution in [-0.2, 0) is 26.3 Å². The van der Waals surface area contributed by atoms with Crippen LogP contribution in [0, 0.1) is 0 Å². The van der Waals surface area contributed by atoms with Crippen LogP contribution in [0.2, 0.25) is 0 Å². The summed E-state index contributed by atoms with van der Waals surface area (Å²) in [5, 5.41) is -0.0578. The molecule has 0 atom stereocenters. The zero-order valence-corrected chi connectivity index (χ0v) is 37.5. The van der Waals surface area contributed by atoms with E-state index in [9.17, 15) is 27.7 Å². The van der Waals surface area contributed by atoms with Crippen LogP contribution < -0.4 is 5.30 Å². The van der Waals surface area contributed by atoms with Crippen molar-refractivity contribution in [1.82, 2.24) is 0 Å². The summed E-state index contributed by atoms with van der Waals surface area (Å²) >= 11 is 4.53. The molecule has 45 heavy (non-hydrogen) atoms. The zero-order valence-electron chi connectivity index (χ0n) is 25.3. The van der Waals surface area contributed by atoms with Gasteiger partial charge in [-0.1, -0.05) is 107 Å². The van der Waals surface area contributed by atoms with Gasteiger partial charge < -0.3 is 19.6 Å². The number of alkyl halides is 2. The molecule has 4 N–H and O–H groups in total. The SMILES string of the molecule is O=P(O)(O)c1cc(-c2ccc(CSCc3ccc(C(F)(F)P(=O)(O)O)c(Br)c3)cc2)ccc1C=Cc1ccccc1.[Na].[Na].[Na].[Na]. The average molecular weight is 773 g/mol. The molecule has 0 amide bonds. The third kappa shape index (κ3) is 13.0. The predicted molar refractivity (Wildman–Crippen MR) is 187 cm³/mol. The van der Waals surface area contributed by atoms with Crippen LogP contribution in [0.1, 0.15) is 27.8 Å². The number of benzene rings is 4. The Bertz CT molecular complexity index is 1670. The van der Waals surface area contributed by atoms with Crippen LogP contribution >= 0.6 is 42.9 Å². The van der Waals surface area contributed by atoms with E-state index in [1.165, 1.54) is 30.0 Å². The number of thioether (sulfide) groups is 1. The number of rotatable bonds is 10. The molecule has 218 valence electrons. The molecule has 16 heteroatoms. The van der Waals surface area contributed by atoms with E-state index in [1.54, 1.807) is 18.2 Å². The molecule has 0 spiro atoms. The molecule has 0 bridgehead atoms. The molecule has 4 aromatic carbocycles. The van der Waals surface area contributed by atoms with Gasteiger partial charge in [-0.25, -0.2) is 0 Å². The van der Waals surface area contributed by atoms with E-state index < -0.39 is 26.4 Å². The molecule has 6 nitrogen and oxygen atoms in total. The molecule has 0 fully saturated rings. The molecule has 0 heterocycles. The zero-order chi connectivity index (χ0) is 29.8. The molecule has 0 aliphatic rings. The number of hydrogen-bond donors (Lipinski definition) is 4. The fraction of sp³-hybridized carbons (Fsp3) is 0.103. The Hall–Kier alpha value is 1.61. The van der Waals surface area contributed by atoms with Gasteiger partial charge in [0.1, 0.15) is 0 Å². The molecule has 4 aromatic rings. The first-order valence-electron chi connectivity index (χ1n) is 12.1. The number of halogens is 3. The summed E-state index contributed by atoms with van der Waals surface area (Å²) < 4.78 is 51.4. The van der Waals surface area contributed by atoms with Gasteiger partial charge in [0.2, 0.25) is 0 Å². The molecule has 0 aliphatic carbocycles. The minimum absolute atomic E-state index is 0. The predicted octanol–water partition coefficient (Wildman–Crippen LogP) is 6.23. The Kier molecular flexibility index (Phi) is 21.2. The fourth-order valence-corrected chi connectivity index (χ4v) is 7.07. The van der Waals surface area contributed by atoms with Crippen LogP contribution in [0.4, 0.5) is 8.78 Å². The van der Waals surface area contributed by atoms with Gasteiger partial charge in [-0.05, 0) is 45.5 Å². The quantitative estimate of drug-likeness (QED) is 0.0860. The monoisotopic (exact) mass is 772 g/mol. The van der Waals surface area contributed by atoms with Gasteiger partial charge in [-0.3, -0.25) is 9.13 Å². The summed E-state index contributed by atoms with van der Waals surface area (Å²) in [5.41, 5.74) is -0.566. The van der Waals surface area contributed by atoms with E-state index in [4.69, 9.17) is 9.79 Å². The molecule has 0 saturated heterocycles. The van der Waals surface area contributed by atoms with Gasteiger partial charge in [0.25, 0.3) is 0 Å². The smallest absolute Gasteiger partial charge is 0.321 e. The van der Waals surface area contributed by atoms with Crippen LogP contribution in [0.5, 0.6) is 0 Å². The average Bonchev–Trinajstić information content (AvgIpc) is 2.91. The Balaban J connectivity index is 0.00000484. The first kappa shape index (κ1) is 46.6. The molecule has 0 aliphatic heterocycles. The molecule has 0 unspecified atom stereocenters. The van der Waals surface area contributed by atoms with Crippen molar-refractivity contribution in [1.29, 1.82) is 0 Å². The maximum atomic E-state index is 14.0. The minimum Gasteiger partial charge on any atom is -0.321 e. The molecule has 0 aromatic heterocycles. The molecule has 4 radical (unpaired) electrons. The van der Waals surface area contributed by atoms with Crippen molar-refractivity contribution in [3.63, 3.8) is 0 Å². The summed E-state index contributed by atoms with van der Waals surface area (Å²) in [6, 6.07) is 25.8. The second-order valence-electron chi connectivity index (χ2n) is 9.15. The van der Waals surface area contributed by atoms with Crippen LogP contribution in [0.3, 0.4) is 0 Å². The maximum Gasteiger partial charge on any atom is 0.399 e. The summed E-state index contributed by atoms with van der Waals surface area (Å²) in [6.07, 6.45) is 3.48. The topological polar surface area (TPSA) is 115 Å². The Morgan fingerprint density at radius 1 is 0.711 bits per heavy atom. The Labute approximate surface area is 362 Å². The van der Waals surface area contributed by atoms with Gasteiger partial charge in [-0.2, -0.15) is 20.5 Å². The summed E-state index contributed by atoms with van der Waals surface area (Å²) in [4.78, 5) is 37.9. The van der Waals surface area contributed by atoms with Crippen LogP contribution in [0.25, 0.3) is 23.3 Å². The maximum absolute atomic E-state index is 14.0. The van der Waals surface area contributed by atoms with E-state index in [1.807, 2.05) is 60.7 Å². The van der Waals surface area contributed by atoms with E-state index in [2.05, 4.69) is 15.9 Å². The van der Waals surface area contributed by atoms with Gasteiger partial charge >= 0.3 is 20.9 Å². The third-order valence-electron chi connectivity index (χ3n) is 6.15. The Morgan fingerprint density at radius 3 is 1.82 bits per heavy atom. The molecular formula is C29H25BrF2Na4O6P2S. The van der Waals surface area contributed by atoms with Gasteiger partial charge in [-0.15, -0.1) is 0 Å². The molecule has 0 saturated carbocycles. The fourth-order valence-electron chi connectivity index (χ4n) is 4.00. The van der Waals surface area contributed by atoms with Crippen molar-refractivity contribution in [2.75, 3.05) is 0 Å². The van der Waals surface area contributed by atoms with Crippen molar-refractivity contribution in [3.8, 4) is 11.1 Å². The Morgan fingerprint density at radius 2 is 1.27 bits per heavy atom. The summed E-state index contributed by atoms with van der Waals surface area (Å²) in [7, 11) is -10.2. The molecular weight excluding hydrogens is 748 g/mol. The van der Waals surface area contributed by atoms with E-state index in [0.717, 1.165) is 22.8 Å².